The fourth-order valence-electron chi connectivity index (χ4n) is 1.95. The fourth-order valence-corrected chi connectivity index (χ4v) is 1.95. The van der Waals surface area contributed by atoms with Gasteiger partial charge < -0.3 is 10.6 Å². The Morgan fingerprint density at radius 1 is 1.19 bits per heavy atom. The zero-order chi connectivity index (χ0) is 12.0. The molecule has 0 fully saturated rings. The van der Waals surface area contributed by atoms with Crippen LogP contribution in [-0.2, 0) is 0 Å². The monoisotopic (exact) mass is 220 g/mol. The average Bonchev–Trinajstić information content (AvgIpc) is 2.30. The Kier molecular flexibility index (Phi) is 5.50. The number of nitrogens with two attached hydrogens (primary N) is 1. The van der Waals surface area contributed by atoms with E-state index in [2.05, 4.69) is 49.9 Å². The topological polar surface area (TPSA) is 29.3 Å². The summed E-state index contributed by atoms with van der Waals surface area (Å²) in [4.78, 5) is 2.45. The molecule has 1 aromatic carbocycles. The van der Waals surface area contributed by atoms with Crippen LogP contribution in [0.3, 0.4) is 0 Å². The largest absolute Gasteiger partial charge is 0.324 e. The minimum atomic E-state index is 0.161. The first kappa shape index (κ1) is 13.2. The summed E-state index contributed by atoms with van der Waals surface area (Å²) in [6.45, 7) is 8.84. The third-order valence-electron chi connectivity index (χ3n) is 3.09. The molecule has 1 unspecified atom stereocenters. The van der Waals surface area contributed by atoms with E-state index in [0.29, 0.717) is 6.04 Å². The molecule has 0 aromatic heterocycles. The lowest BCUT2D eigenvalue weighted by molar-refractivity contribution is 0.225. The molecule has 0 saturated carbocycles. The molecular weight excluding hydrogens is 196 g/mol. The maximum atomic E-state index is 6.17. The molecule has 0 bridgehead atoms. The van der Waals surface area contributed by atoms with Crippen LogP contribution in [-0.4, -0.2) is 24.0 Å². The first-order valence-electron chi connectivity index (χ1n) is 6.19. The highest BCUT2D eigenvalue weighted by Gasteiger charge is 2.10. The molecule has 0 aliphatic heterocycles. The van der Waals surface area contributed by atoms with Gasteiger partial charge in [0.25, 0.3) is 0 Å². The van der Waals surface area contributed by atoms with Crippen molar-refractivity contribution in [3.8, 4) is 0 Å². The van der Waals surface area contributed by atoms with E-state index in [1.54, 1.807) is 0 Å². The van der Waals surface area contributed by atoms with E-state index < -0.39 is 0 Å². The zero-order valence-corrected chi connectivity index (χ0v) is 10.7. The van der Waals surface area contributed by atoms with Crippen molar-refractivity contribution >= 4 is 0 Å². The van der Waals surface area contributed by atoms with Crippen molar-refractivity contribution < 1.29 is 0 Å². The van der Waals surface area contributed by atoms with Gasteiger partial charge in [-0.25, -0.2) is 0 Å². The summed E-state index contributed by atoms with van der Waals surface area (Å²) in [5, 5.41) is 0. The van der Waals surface area contributed by atoms with Gasteiger partial charge in [0.1, 0.15) is 0 Å². The van der Waals surface area contributed by atoms with Gasteiger partial charge in [0, 0.05) is 18.6 Å². The van der Waals surface area contributed by atoms with E-state index in [1.165, 1.54) is 5.56 Å². The lowest BCUT2D eigenvalue weighted by atomic mass is 10.0. The summed E-state index contributed by atoms with van der Waals surface area (Å²) in [6, 6.07) is 11.1. The highest BCUT2D eigenvalue weighted by molar-refractivity contribution is 5.18. The van der Waals surface area contributed by atoms with Crippen LogP contribution < -0.4 is 5.73 Å². The lowest BCUT2D eigenvalue weighted by Crippen LogP contribution is -2.33. The third-order valence-corrected chi connectivity index (χ3v) is 3.09. The maximum Gasteiger partial charge on any atom is 0.0307 e. The molecule has 2 heteroatoms. The summed E-state index contributed by atoms with van der Waals surface area (Å²) < 4.78 is 0. The Hall–Kier alpha value is -0.860. The fraction of sp³-hybridized carbons (Fsp3) is 0.571. The summed E-state index contributed by atoms with van der Waals surface area (Å²) >= 11 is 0. The van der Waals surface area contributed by atoms with Crippen LogP contribution in [0.4, 0.5) is 0 Å². The van der Waals surface area contributed by atoms with E-state index in [4.69, 9.17) is 5.73 Å². The van der Waals surface area contributed by atoms with E-state index in [1.807, 2.05) is 6.07 Å². The van der Waals surface area contributed by atoms with Crippen molar-refractivity contribution in [2.45, 2.75) is 39.3 Å². The van der Waals surface area contributed by atoms with E-state index in [9.17, 15) is 0 Å². The van der Waals surface area contributed by atoms with Gasteiger partial charge in [-0.15, -0.1) is 0 Å². The molecule has 90 valence electrons. The Balaban J connectivity index is 2.43. The number of benzene rings is 1. The Labute approximate surface area is 99.5 Å². The van der Waals surface area contributed by atoms with Crippen molar-refractivity contribution in [3.63, 3.8) is 0 Å². The molecule has 1 aromatic rings. The van der Waals surface area contributed by atoms with E-state index in [0.717, 1.165) is 19.5 Å². The van der Waals surface area contributed by atoms with Crippen molar-refractivity contribution in [1.82, 2.24) is 4.90 Å². The zero-order valence-electron chi connectivity index (χ0n) is 10.7. The van der Waals surface area contributed by atoms with Gasteiger partial charge in [-0.05, 0) is 32.4 Å². The third kappa shape index (κ3) is 3.95. The second-order valence-electron chi connectivity index (χ2n) is 4.53. The maximum absolute atomic E-state index is 6.17. The van der Waals surface area contributed by atoms with Crippen molar-refractivity contribution in [3.05, 3.63) is 35.9 Å². The molecule has 0 heterocycles. The standard InChI is InChI=1S/C14H24N2/c1-4-16(12(2)3)11-10-14(15)13-8-6-5-7-9-13/h5-9,12,14H,4,10-11,15H2,1-3H3. The van der Waals surface area contributed by atoms with Gasteiger partial charge >= 0.3 is 0 Å². The molecule has 0 saturated heterocycles. The Bertz CT molecular complexity index is 282. The van der Waals surface area contributed by atoms with Crippen molar-refractivity contribution in [1.29, 1.82) is 0 Å². The summed E-state index contributed by atoms with van der Waals surface area (Å²) in [5.41, 5.74) is 7.41. The van der Waals surface area contributed by atoms with Crippen LogP contribution in [0.25, 0.3) is 0 Å². The van der Waals surface area contributed by atoms with Crippen molar-refractivity contribution in [2.75, 3.05) is 13.1 Å². The molecule has 0 aliphatic carbocycles. The van der Waals surface area contributed by atoms with Crippen LogP contribution in [0, 0.1) is 0 Å². The number of hydrogen-bond acceptors (Lipinski definition) is 2. The van der Waals surface area contributed by atoms with E-state index >= 15 is 0 Å². The van der Waals surface area contributed by atoms with Crippen LogP contribution in [0.5, 0.6) is 0 Å². The minimum Gasteiger partial charge on any atom is -0.324 e. The van der Waals surface area contributed by atoms with Crippen LogP contribution >= 0.6 is 0 Å². The predicted octanol–water partition coefficient (Wildman–Crippen LogP) is 2.81. The minimum absolute atomic E-state index is 0.161. The lowest BCUT2D eigenvalue weighted by Gasteiger charge is -2.26. The Morgan fingerprint density at radius 2 is 1.81 bits per heavy atom. The second kappa shape index (κ2) is 6.66. The van der Waals surface area contributed by atoms with Crippen LogP contribution in [0.1, 0.15) is 38.8 Å². The first-order valence-corrected chi connectivity index (χ1v) is 6.19. The smallest absolute Gasteiger partial charge is 0.0307 e. The molecule has 16 heavy (non-hydrogen) atoms. The quantitative estimate of drug-likeness (QED) is 0.798. The van der Waals surface area contributed by atoms with Gasteiger partial charge in [0.15, 0.2) is 0 Å². The molecule has 0 amide bonds. The van der Waals surface area contributed by atoms with E-state index in [-0.39, 0.29) is 6.04 Å². The normalized spacial score (nSPS) is 13.4. The molecule has 0 radical (unpaired) electrons. The van der Waals surface area contributed by atoms with Crippen LogP contribution in [0.2, 0.25) is 0 Å². The average molecular weight is 220 g/mol. The summed E-state index contributed by atoms with van der Waals surface area (Å²) in [7, 11) is 0. The predicted molar refractivity (Wildman–Crippen MR) is 70.4 cm³/mol. The number of nitrogens with zero attached hydrogens (tertiary/aromatic N) is 1. The molecule has 0 spiro atoms. The Morgan fingerprint density at radius 3 is 2.31 bits per heavy atom. The molecule has 2 N–H and O–H groups in total. The first-order chi connectivity index (χ1) is 7.65. The van der Waals surface area contributed by atoms with Gasteiger partial charge in [-0.1, -0.05) is 37.3 Å². The van der Waals surface area contributed by atoms with Crippen LogP contribution in [0.15, 0.2) is 30.3 Å². The van der Waals surface area contributed by atoms with Gasteiger partial charge in [0.2, 0.25) is 0 Å². The highest BCUT2D eigenvalue weighted by Crippen LogP contribution is 2.14. The molecule has 1 rings (SSSR count). The molecular formula is C14H24N2. The second-order valence-corrected chi connectivity index (χ2v) is 4.53. The molecule has 2 nitrogen and oxygen atoms in total. The molecule has 0 aliphatic rings. The number of hydrogen-bond donors (Lipinski definition) is 1. The summed E-state index contributed by atoms with van der Waals surface area (Å²) in [5.74, 6) is 0. The van der Waals surface area contributed by atoms with Gasteiger partial charge in [0.05, 0.1) is 0 Å². The van der Waals surface area contributed by atoms with Crippen molar-refractivity contribution in [2.24, 2.45) is 5.73 Å². The highest BCUT2D eigenvalue weighted by atomic mass is 15.1. The molecule has 1 atom stereocenters. The number of rotatable bonds is 6. The van der Waals surface area contributed by atoms with Gasteiger partial charge in [-0.3, -0.25) is 0 Å². The SMILES string of the molecule is CCN(CCC(N)c1ccccc1)C(C)C. The summed E-state index contributed by atoms with van der Waals surface area (Å²) in [6.07, 6.45) is 1.02. The van der Waals surface area contributed by atoms with Gasteiger partial charge in [-0.2, -0.15) is 0 Å².